The Balaban J connectivity index is 2.11. The van der Waals surface area contributed by atoms with Crippen molar-refractivity contribution < 1.29 is 9.53 Å². The number of benzene rings is 1. The van der Waals surface area contributed by atoms with E-state index in [2.05, 4.69) is 14.9 Å². The second kappa shape index (κ2) is 6.38. The smallest absolute Gasteiger partial charge is 0.316 e. The number of carbonyl (C=O) groups is 1. The number of carbonyl (C=O) groups excluding carboxylic acids is 1. The molecule has 1 aromatic heterocycles. The van der Waals surface area contributed by atoms with Gasteiger partial charge in [-0.2, -0.15) is 0 Å². The summed E-state index contributed by atoms with van der Waals surface area (Å²) >= 11 is 1.33. The van der Waals surface area contributed by atoms with Gasteiger partial charge in [-0.05, 0) is 12.5 Å². The summed E-state index contributed by atoms with van der Waals surface area (Å²) in [6.45, 7) is 2.60. The van der Waals surface area contributed by atoms with E-state index in [9.17, 15) is 4.79 Å². The predicted octanol–water partition coefficient (Wildman–Crippen LogP) is 1.90. The largest absolute Gasteiger partial charge is 0.468 e. The minimum absolute atomic E-state index is 0.240. The highest BCUT2D eigenvalue weighted by atomic mass is 32.2. The number of aromatic nitrogens is 3. The molecule has 0 unspecified atom stereocenters. The number of aryl methyl sites for hydroxylation is 1. The summed E-state index contributed by atoms with van der Waals surface area (Å²) in [6, 6.07) is 10.1. The average Bonchev–Trinajstić information content (AvgIpc) is 2.78. The molecular formula is C13H15N3O2S. The number of ether oxygens (including phenoxy) is 1. The van der Waals surface area contributed by atoms with Crippen LogP contribution < -0.4 is 0 Å². The number of hydrogen-bond acceptors (Lipinski definition) is 5. The molecule has 2 aromatic rings. The molecule has 1 heterocycles. The summed E-state index contributed by atoms with van der Waals surface area (Å²) in [5, 5.41) is 8.87. The van der Waals surface area contributed by atoms with E-state index in [0.717, 1.165) is 11.0 Å². The summed E-state index contributed by atoms with van der Waals surface area (Å²) in [5.74, 6) is 0.803. The third-order valence-corrected chi connectivity index (χ3v) is 3.57. The van der Waals surface area contributed by atoms with Crippen LogP contribution in [0.1, 0.15) is 11.4 Å². The van der Waals surface area contributed by atoms with Crippen molar-refractivity contribution in [3.8, 4) is 0 Å². The first kappa shape index (κ1) is 13.6. The maximum absolute atomic E-state index is 11.2. The molecule has 2 rings (SSSR count). The Kier molecular flexibility index (Phi) is 4.57. The molecule has 0 fully saturated rings. The minimum atomic E-state index is -0.267. The van der Waals surface area contributed by atoms with Crippen LogP contribution >= 0.6 is 11.8 Å². The van der Waals surface area contributed by atoms with E-state index in [0.29, 0.717) is 6.54 Å². The van der Waals surface area contributed by atoms with Crippen molar-refractivity contribution in [2.45, 2.75) is 18.6 Å². The average molecular weight is 277 g/mol. The Morgan fingerprint density at radius 3 is 2.74 bits per heavy atom. The second-order valence-corrected chi connectivity index (χ2v) is 4.91. The molecule has 0 saturated carbocycles. The molecule has 19 heavy (non-hydrogen) atoms. The van der Waals surface area contributed by atoms with Crippen LogP contribution in [-0.4, -0.2) is 33.6 Å². The minimum Gasteiger partial charge on any atom is -0.468 e. The van der Waals surface area contributed by atoms with Gasteiger partial charge in [0.25, 0.3) is 0 Å². The van der Waals surface area contributed by atoms with Gasteiger partial charge in [0.1, 0.15) is 5.82 Å². The van der Waals surface area contributed by atoms with Crippen LogP contribution in [0.5, 0.6) is 0 Å². The zero-order valence-corrected chi connectivity index (χ0v) is 11.7. The number of rotatable bonds is 5. The first-order chi connectivity index (χ1) is 9.20. The standard InChI is InChI=1S/C13H15N3O2S/c1-10-14-15-13(19-9-12(17)18-2)16(10)8-11-6-4-3-5-7-11/h3-7H,8-9H2,1-2H3. The maximum Gasteiger partial charge on any atom is 0.316 e. The first-order valence-electron chi connectivity index (χ1n) is 5.84. The number of esters is 1. The van der Waals surface area contributed by atoms with Gasteiger partial charge in [0.05, 0.1) is 19.4 Å². The van der Waals surface area contributed by atoms with Crippen molar-refractivity contribution in [1.29, 1.82) is 0 Å². The quantitative estimate of drug-likeness (QED) is 0.617. The fourth-order valence-corrected chi connectivity index (χ4v) is 2.41. The topological polar surface area (TPSA) is 57.0 Å². The van der Waals surface area contributed by atoms with Crippen LogP contribution in [0, 0.1) is 6.92 Å². The van der Waals surface area contributed by atoms with Crippen LogP contribution in [0.15, 0.2) is 35.5 Å². The predicted molar refractivity (Wildman–Crippen MR) is 73.0 cm³/mol. The molecule has 5 nitrogen and oxygen atoms in total. The Morgan fingerprint density at radius 1 is 1.32 bits per heavy atom. The van der Waals surface area contributed by atoms with E-state index >= 15 is 0 Å². The van der Waals surface area contributed by atoms with Gasteiger partial charge >= 0.3 is 5.97 Å². The highest BCUT2D eigenvalue weighted by molar-refractivity contribution is 7.99. The molecule has 0 atom stereocenters. The first-order valence-corrected chi connectivity index (χ1v) is 6.82. The normalized spacial score (nSPS) is 10.4. The van der Waals surface area contributed by atoms with Crippen molar-refractivity contribution in [2.75, 3.05) is 12.9 Å². The monoisotopic (exact) mass is 277 g/mol. The molecule has 0 bridgehead atoms. The zero-order chi connectivity index (χ0) is 13.7. The van der Waals surface area contributed by atoms with E-state index in [4.69, 9.17) is 0 Å². The van der Waals surface area contributed by atoms with E-state index in [1.54, 1.807) is 0 Å². The second-order valence-electron chi connectivity index (χ2n) is 3.97. The summed E-state index contributed by atoms with van der Waals surface area (Å²) in [5.41, 5.74) is 1.17. The van der Waals surface area contributed by atoms with E-state index in [1.165, 1.54) is 24.4 Å². The lowest BCUT2D eigenvalue weighted by molar-refractivity contribution is -0.137. The molecule has 1 aromatic carbocycles. The maximum atomic E-state index is 11.2. The van der Waals surface area contributed by atoms with Crippen LogP contribution in [0.25, 0.3) is 0 Å². The van der Waals surface area contributed by atoms with Gasteiger partial charge in [0.2, 0.25) is 0 Å². The van der Waals surface area contributed by atoms with E-state index < -0.39 is 0 Å². The number of methoxy groups -OCH3 is 1. The van der Waals surface area contributed by atoms with Crippen LogP contribution in [-0.2, 0) is 16.1 Å². The molecule has 0 spiro atoms. The molecule has 0 N–H and O–H groups in total. The van der Waals surface area contributed by atoms with Crippen LogP contribution in [0.2, 0.25) is 0 Å². The third kappa shape index (κ3) is 3.57. The van der Waals surface area contributed by atoms with Crippen molar-refractivity contribution in [2.24, 2.45) is 0 Å². The van der Waals surface area contributed by atoms with Gasteiger partial charge < -0.3 is 9.30 Å². The van der Waals surface area contributed by atoms with Crippen molar-refractivity contribution in [3.05, 3.63) is 41.7 Å². The summed E-state index contributed by atoms with van der Waals surface area (Å²) < 4.78 is 6.61. The number of hydrogen-bond donors (Lipinski definition) is 0. The fourth-order valence-electron chi connectivity index (χ4n) is 1.60. The molecule has 6 heteroatoms. The molecule has 0 aliphatic rings. The molecule has 0 amide bonds. The van der Waals surface area contributed by atoms with Gasteiger partial charge in [-0.1, -0.05) is 42.1 Å². The van der Waals surface area contributed by atoms with Crippen molar-refractivity contribution in [1.82, 2.24) is 14.8 Å². The highest BCUT2D eigenvalue weighted by Crippen LogP contribution is 2.18. The van der Waals surface area contributed by atoms with E-state index in [-0.39, 0.29) is 11.7 Å². The Bertz CT molecular complexity index is 554. The molecule has 0 radical (unpaired) electrons. The van der Waals surface area contributed by atoms with Gasteiger partial charge in [-0.15, -0.1) is 10.2 Å². The number of nitrogens with zero attached hydrogens (tertiary/aromatic N) is 3. The Hall–Kier alpha value is -1.82. The SMILES string of the molecule is COC(=O)CSc1nnc(C)n1Cc1ccccc1. The third-order valence-electron chi connectivity index (χ3n) is 2.63. The lowest BCUT2D eigenvalue weighted by Gasteiger charge is -2.07. The zero-order valence-electron chi connectivity index (χ0n) is 10.9. The van der Waals surface area contributed by atoms with Crippen LogP contribution in [0.3, 0.4) is 0 Å². The summed E-state index contributed by atoms with van der Waals surface area (Å²) in [6.07, 6.45) is 0. The van der Waals surface area contributed by atoms with Gasteiger partial charge in [-0.3, -0.25) is 4.79 Å². The lowest BCUT2D eigenvalue weighted by Crippen LogP contribution is -2.07. The fraction of sp³-hybridized carbons (Fsp3) is 0.308. The summed E-state index contributed by atoms with van der Waals surface area (Å²) in [4.78, 5) is 11.2. The van der Waals surface area contributed by atoms with Gasteiger partial charge in [-0.25, -0.2) is 0 Å². The molecule has 100 valence electrons. The Morgan fingerprint density at radius 2 is 2.05 bits per heavy atom. The highest BCUT2D eigenvalue weighted by Gasteiger charge is 2.12. The lowest BCUT2D eigenvalue weighted by atomic mass is 10.2. The van der Waals surface area contributed by atoms with Crippen molar-refractivity contribution in [3.63, 3.8) is 0 Å². The van der Waals surface area contributed by atoms with E-state index in [1.807, 2.05) is 41.8 Å². The van der Waals surface area contributed by atoms with Crippen LogP contribution in [0.4, 0.5) is 0 Å². The van der Waals surface area contributed by atoms with Gasteiger partial charge in [0.15, 0.2) is 5.16 Å². The molecule has 0 aliphatic carbocycles. The molecule has 0 aliphatic heterocycles. The molecular weight excluding hydrogens is 262 g/mol. The Labute approximate surface area is 116 Å². The number of thioether (sulfide) groups is 1. The van der Waals surface area contributed by atoms with Gasteiger partial charge in [0, 0.05) is 0 Å². The van der Waals surface area contributed by atoms with Crippen molar-refractivity contribution >= 4 is 17.7 Å². The molecule has 0 saturated heterocycles. The summed E-state index contributed by atoms with van der Waals surface area (Å²) in [7, 11) is 1.38.